The van der Waals surface area contributed by atoms with Crippen molar-refractivity contribution >= 4 is 0 Å². The van der Waals surface area contributed by atoms with Crippen molar-refractivity contribution in [1.29, 1.82) is 0 Å². The van der Waals surface area contributed by atoms with E-state index >= 15 is 0 Å². The van der Waals surface area contributed by atoms with E-state index < -0.39 is 0 Å². The van der Waals surface area contributed by atoms with E-state index in [1.165, 1.54) is 38.5 Å². The smallest absolute Gasteiger partial charge is 0.00671 e. The minimum absolute atomic E-state index is 0.776. The number of nitrogens with two attached hydrogens (primary N) is 1. The monoisotopic (exact) mass is 198 g/mol. The van der Waals surface area contributed by atoms with Crippen molar-refractivity contribution in [2.24, 2.45) is 11.7 Å². The summed E-state index contributed by atoms with van der Waals surface area (Å²) >= 11 is 0. The fourth-order valence-corrected chi connectivity index (χ4v) is 2.40. The molecule has 1 rings (SSSR count). The molecular formula is C12H26N2. The van der Waals surface area contributed by atoms with E-state index in [9.17, 15) is 0 Å². The molecule has 0 bridgehead atoms. The molecule has 0 amide bonds. The first-order valence-electron chi connectivity index (χ1n) is 6.30. The summed E-state index contributed by atoms with van der Waals surface area (Å²) in [5.41, 5.74) is 5.48. The van der Waals surface area contributed by atoms with Crippen molar-refractivity contribution in [3.63, 3.8) is 0 Å². The topological polar surface area (TPSA) is 38.0 Å². The molecule has 2 nitrogen and oxygen atoms in total. The van der Waals surface area contributed by atoms with Crippen LogP contribution in [0.15, 0.2) is 0 Å². The Labute approximate surface area is 88.6 Å². The third-order valence-corrected chi connectivity index (χ3v) is 3.48. The maximum Gasteiger partial charge on any atom is 0.00671 e. The van der Waals surface area contributed by atoms with Crippen molar-refractivity contribution in [2.75, 3.05) is 13.1 Å². The van der Waals surface area contributed by atoms with Crippen LogP contribution in [-0.2, 0) is 0 Å². The lowest BCUT2D eigenvalue weighted by atomic mass is 9.98. The van der Waals surface area contributed by atoms with Crippen molar-refractivity contribution in [3.05, 3.63) is 0 Å². The Morgan fingerprint density at radius 1 is 1.21 bits per heavy atom. The Bertz CT molecular complexity index is 136. The zero-order valence-electron chi connectivity index (χ0n) is 9.60. The molecule has 14 heavy (non-hydrogen) atoms. The third kappa shape index (κ3) is 4.43. The Kier molecular flexibility index (Phi) is 6.20. The van der Waals surface area contributed by atoms with E-state index in [1.807, 2.05) is 0 Å². The predicted molar refractivity (Wildman–Crippen MR) is 62.3 cm³/mol. The van der Waals surface area contributed by atoms with E-state index in [-0.39, 0.29) is 0 Å². The highest BCUT2D eigenvalue weighted by Gasteiger charge is 2.16. The van der Waals surface area contributed by atoms with Gasteiger partial charge in [-0.25, -0.2) is 0 Å². The summed E-state index contributed by atoms with van der Waals surface area (Å²) < 4.78 is 0. The molecule has 0 aliphatic heterocycles. The van der Waals surface area contributed by atoms with Crippen LogP contribution >= 0.6 is 0 Å². The lowest BCUT2D eigenvalue weighted by Crippen LogP contribution is -2.30. The fraction of sp³-hybridized carbons (Fsp3) is 1.00. The summed E-state index contributed by atoms with van der Waals surface area (Å²) in [5.74, 6) is 0.997. The standard InChI is InChI=1S/C12H26N2/c1-2-11-5-3-6-12(8-7-11)14-10-4-9-13/h11-12,14H,2-10,13H2,1H3. The van der Waals surface area contributed by atoms with Crippen LogP contribution in [0.25, 0.3) is 0 Å². The average Bonchev–Trinajstić information content (AvgIpc) is 2.43. The van der Waals surface area contributed by atoms with Gasteiger partial charge in [-0.05, 0) is 44.7 Å². The van der Waals surface area contributed by atoms with E-state index in [0.717, 1.165) is 31.5 Å². The third-order valence-electron chi connectivity index (χ3n) is 3.48. The maximum atomic E-state index is 5.48. The summed E-state index contributed by atoms with van der Waals surface area (Å²) in [6.45, 7) is 4.25. The van der Waals surface area contributed by atoms with Crippen LogP contribution in [-0.4, -0.2) is 19.1 Å². The summed E-state index contributed by atoms with van der Waals surface area (Å²) in [7, 11) is 0. The molecule has 0 heterocycles. The summed E-state index contributed by atoms with van der Waals surface area (Å²) in [6, 6.07) is 0.776. The Morgan fingerprint density at radius 2 is 2.07 bits per heavy atom. The molecule has 1 aliphatic carbocycles. The van der Waals surface area contributed by atoms with Crippen LogP contribution in [0.1, 0.15) is 51.9 Å². The highest BCUT2D eigenvalue weighted by atomic mass is 14.9. The number of hydrogen-bond acceptors (Lipinski definition) is 2. The van der Waals surface area contributed by atoms with Gasteiger partial charge in [0.05, 0.1) is 0 Å². The molecule has 0 aromatic carbocycles. The molecule has 0 aromatic rings. The van der Waals surface area contributed by atoms with E-state index in [1.54, 1.807) is 0 Å². The molecule has 3 N–H and O–H groups in total. The quantitative estimate of drug-likeness (QED) is 0.525. The van der Waals surface area contributed by atoms with E-state index in [4.69, 9.17) is 5.73 Å². The summed E-state index contributed by atoms with van der Waals surface area (Å²) in [6.07, 6.45) is 9.54. The summed E-state index contributed by atoms with van der Waals surface area (Å²) in [5, 5.41) is 3.63. The van der Waals surface area contributed by atoms with Gasteiger partial charge < -0.3 is 11.1 Å². The van der Waals surface area contributed by atoms with Gasteiger partial charge in [0.25, 0.3) is 0 Å². The normalized spacial score (nSPS) is 28.7. The maximum absolute atomic E-state index is 5.48. The van der Waals surface area contributed by atoms with Gasteiger partial charge in [0.1, 0.15) is 0 Å². The molecule has 84 valence electrons. The number of rotatable bonds is 5. The molecule has 1 saturated carbocycles. The van der Waals surface area contributed by atoms with Crippen LogP contribution in [0.3, 0.4) is 0 Å². The predicted octanol–water partition coefficient (Wildman–Crippen LogP) is 2.28. The first-order valence-corrected chi connectivity index (χ1v) is 6.30. The van der Waals surface area contributed by atoms with Crippen LogP contribution in [0, 0.1) is 5.92 Å². The van der Waals surface area contributed by atoms with Gasteiger partial charge >= 0.3 is 0 Å². The zero-order chi connectivity index (χ0) is 10.2. The van der Waals surface area contributed by atoms with Crippen LogP contribution in [0.4, 0.5) is 0 Å². The molecule has 2 heteroatoms. The van der Waals surface area contributed by atoms with Gasteiger partial charge in [-0.2, -0.15) is 0 Å². The number of hydrogen-bond donors (Lipinski definition) is 2. The van der Waals surface area contributed by atoms with Crippen molar-refractivity contribution < 1.29 is 0 Å². The average molecular weight is 198 g/mol. The molecule has 0 radical (unpaired) electrons. The van der Waals surface area contributed by atoms with Crippen LogP contribution in [0.2, 0.25) is 0 Å². The van der Waals surface area contributed by atoms with Gasteiger partial charge in [-0.1, -0.05) is 26.2 Å². The molecule has 2 unspecified atom stereocenters. The lowest BCUT2D eigenvalue weighted by Gasteiger charge is -2.16. The molecular weight excluding hydrogens is 172 g/mol. The minimum Gasteiger partial charge on any atom is -0.330 e. The fourth-order valence-electron chi connectivity index (χ4n) is 2.40. The highest BCUT2D eigenvalue weighted by Crippen LogP contribution is 2.25. The Balaban J connectivity index is 2.14. The van der Waals surface area contributed by atoms with Gasteiger partial charge in [0, 0.05) is 6.04 Å². The molecule has 0 spiro atoms. The largest absolute Gasteiger partial charge is 0.330 e. The molecule has 2 atom stereocenters. The first kappa shape index (κ1) is 12.0. The highest BCUT2D eigenvalue weighted by molar-refractivity contribution is 4.74. The summed E-state index contributed by atoms with van der Waals surface area (Å²) in [4.78, 5) is 0. The minimum atomic E-state index is 0.776. The first-order chi connectivity index (χ1) is 6.86. The van der Waals surface area contributed by atoms with Gasteiger partial charge in [-0.3, -0.25) is 0 Å². The van der Waals surface area contributed by atoms with Gasteiger partial charge in [0.2, 0.25) is 0 Å². The Morgan fingerprint density at radius 3 is 2.79 bits per heavy atom. The van der Waals surface area contributed by atoms with Gasteiger partial charge in [-0.15, -0.1) is 0 Å². The second-order valence-corrected chi connectivity index (χ2v) is 4.58. The number of nitrogens with one attached hydrogen (secondary N) is 1. The van der Waals surface area contributed by atoms with Crippen LogP contribution < -0.4 is 11.1 Å². The van der Waals surface area contributed by atoms with E-state index in [2.05, 4.69) is 12.2 Å². The van der Waals surface area contributed by atoms with Crippen LogP contribution in [0.5, 0.6) is 0 Å². The SMILES string of the molecule is CCC1CCCC(NCCCN)CC1. The van der Waals surface area contributed by atoms with E-state index in [0.29, 0.717) is 0 Å². The van der Waals surface area contributed by atoms with Crippen molar-refractivity contribution in [2.45, 2.75) is 57.9 Å². The Hall–Kier alpha value is -0.0800. The lowest BCUT2D eigenvalue weighted by molar-refractivity contribution is 0.425. The molecule has 1 aliphatic rings. The molecule has 1 fully saturated rings. The molecule has 0 aromatic heterocycles. The molecule has 0 saturated heterocycles. The van der Waals surface area contributed by atoms with Gasteiger partial charge in [0.15, 0.2) is 0 Å². The second kappa shape index (κ2) is 7.24. The van der Waals surface area contributed by atoms with Crippen molar-refractivity contribution in [3.8, 4) is 0 Å². The zero-order valence-corrected chi connectivity index (χ0v) is 9.60. The second-order valence-electron chi connectivity index (χ2n) is 4.58. The van der Waals surface area contributed by atoms with Crippen molar-refractivity contribution in [1.82, 2.24) is 5.32 Å².